The zero-order valence-corrected chi connectivity index (χ0v) is 13.9. The summed E-state index contributed by atoms with van der Waals surface area (Å²) in [6, 6.07) is 13.3. The van der Waals surface area contributed by atoms with Crippen molar-refractivity contribution in [1.29, 1.82) is 0 Å². The first-order valence-corrected chi connectivity index (χ1v) is 7.92. The molecule has 0 aliphatic carbocycles. The minimum Gasteiger partial charge on any atom is -0.496 e. The molecule has 110 valence electrons. The number of carbonyl (C=O) groups excluding carboxylic acids is 1. The Labute approximate surface area is 134 Å². The summed E-state index contributed by atoms with van der Waals surface area (Å²) in [5, 5.41) is 0. The highest BCUT2D eigenvalue weighted by atomic mass is 79.9. The third-order valence-corrected chi connectivity index (χ3v) is 4.07. The first-order valence-electron chi connectivity index (χ1n) is 7.13. The van der Waals surface area contributed by atoms with Gasteiger partial charge in [0.1, 0.15) is 5.75 Å². The summed E-state index contributed by atoms with van der Waals surface area (Å²) in [6.45, 7) is 2.18. The maximum Gasteiger partial charge on any atom is 0.193 e. The Morgan fingerprint density at radius 2 is 1.76 bits per heavy atom. The molecule has 2 nitrogen and oxygen atoms in total. The molecule has 0 bridgehead atoms. The number of hydrogen-bond donors (Lipinski definition) is 0. The fraction of sp³-hybridized carbons (Fsp3) is 0.278. The highest BCUT2D eigenvalue weighted by molar-refractivity contribution is 9.10. The second-order valence-electron chi connectivity index (χ2n) is 4.98. The van der Waals surface area contributed by atoms with Gasteiger partial charge in [0.05, 0.1) is 11.6 Å². The van der Waals surface area contributed by atoms with E-state index in [9.17, 15) is 4.79 Å². The predicted molar refractivity (Wildman–Crippen MR) is 89.2 cm³/mol. The van der Waals surface area contributed by atoms with Crippen LogP contribution in [0.15, 0.2) is 46.9 Å². The number of aryl methyl sites for hydroxylation is 1. The predicted octanol–water partition coefficient (Wildman–Crippen LogP) is 5.03. The number of hydrogen-bond acceptors (Lipinski definition) is 2. The van der Waals surface area contributed by atoms with Crippen molar-refractivity contribution >= 4 is 21.7 Å². The van der Waals surface area contributed by atoms with Crippen LogP contribution in [0.3, 0.4) is 0 Å². The molecule has 0 aliphatic heterocycles. The van der Waals surface area contributed by atoms with E-state index < -0.39 is 0 Å². The quantitative estimate of drug-likeness (QED) is 0.685. The van der Waals surface area contributed by atoms with Crippen molar-refractivity contribution in [2.75, 3.05) is 7.11 Å². The molecule has 2 rings (SSSR count). The molecule has 2 aromatic rings. The Balaban J connectivity index is 2.17. The van der Waals surface area contributed by atoms with Crippen molar-refractivity contribution in [1.82, 2.24) is 0 Å². The molecular formula is C18H19BrO2. The summed E-state index contributed by atoms with van der Waals surface area (Å²) >= 11 is 3.41. The molecule has 0 aliphatic rings. The maximum absolute atomic E-state index is 12.5. The summed E-state index contributed by atoms with van der Waals surface area (Å²) < 4.78 is 5.97. The molecule has 0 spiro atoms. The van der Waals surface area contributed by atoms with Crippen LogP contribution >= 0.6 is 15.9 Å². The lowest BCUT2D eigenvalue weighted by atomic mass is 10.0. The second kappa shape index (κ2) is 7.41. The van der Waals surface area contributed by atoms with Crippen molar-refractivity contribution in [2.45, 2.75) is 26.2 Å². The summed E-state index contributed by atoms with van der Waals surface area (Å²) in [7, 11) is 1.61. The molecule has 0 radical (unpaired) electrons. The van der Waals surface area contributed by atoms with Gasteiger partial charge in [0.2, 0.25) is 0 Å². The van der Waals surface area contributed by atoms with Gasteiger partial charge in [0, 0.05) is 11.1 Å². The number of methoxy groups -OCH3 is 1. The summed E-state index contributed by atoms with van der Waals surface area (Å²) in [4.78, 5) is 12.5. The number of ether oxygens (including phenoxy) is 1. The normalized spacial score (nSPS) is 10.4. The van der Waals surface area contributed by atoms with Crippen molar-refractivity contribution in [2.24, 2.45) is 0 Å². The van der Waals surface area contributed by atoms with Crippen LogP contribution < -0.4 is 4.74 Å². The molecule has 2 aromatic carbocycles. The highest BCUT2D eigenvalue weighted by Gasteiger charge is 2.11. The van der Waals surface area contributed by atoms with Gasteiger partial charge in [-0.25, -0.2) is 0 Å². The van der Waals surface area contributed by atoms with Crippen LogP contribution in [-0.2, 0) is 6.42 Å². The average Bonchev–Trinajstić information content (AvgIpc) is 2.52. The summed E-state index contributed by atoms with van der Waals surface area (Å²) in [5.41, 5.74) is 2.65. The maximum atomic E-state index is 12.5. The molecular weight excluding hydrogens is 328 g/mol. The first kappa shape index (κ1) is 15.8. The monoisotopic (exact) mass is 346 g/mol. The van der Waals surface area contributed by atoms with E-state index in [2.05, 4.69) is 22.9 Å². The van der Waals surface area contributed by atoms with E-state index in [-0.39, 0.29) is 5.78 Å². The van der Waals surface area contributed by atoms with E-state index in [4.69, 9.17) is 4.74 Å². The fourth-order valence-electron chi connectivity index (χ4n) is 2.18. The van der Waals surface area contributed by atoms with Crippen LogP contribution in [0.25, 0.3) is 0 Å². The van der Waals surface area contributed by atoms with E-state index in [1.54, 1.807) is 25.3 Å². The lowest BCUT2D eigenvalue weighted by Crippen LogP contribution is -2.02. The van der Waals surface area contributed by atoms with Crippen LogP contribution in [0.2, 0.25) is 0 Å². The standard InChI is InChI=1S/C18H19BrO2/c1-3-4-5-13-6-8-14(9-7-13)18(20)15-10-11-17(21-2)16(19)12-15/h6-12H,3-5H2,1-2H3. The van der Waals surface area contributed by atoms with Gasteiger partial charge in [-0.1, -0.05) is 37.6 Å². The highest BCUT2D eigenvalue weighted by Crippen LogP contribution is 2.26. The molecule has 21 heavy (non-hydrogen) atoms. The van der Waals surface area contributed by atoms with Crippen molar-refractivity contribution in [3.05, 3.63) is 63.6 Å². The van der Waals surface area contributed by atoms with Gasteiger partial charge in [-0.15, -0.1) is 0 Å². The molecule has 0 saturated carbocycles. The van der Waals surface area contributed by atoms with E-state index in [1.165, 1.54) is 18.4 Å². The molecule has 0 amide bonds. The van der Waals surface area contributed by atoms with Crippen LogP contribution in [0, 0.1) is 0 Å². The molecule has 0 unspecified atom stereocenters. The van der Waals surface area contributed by atoms with Gasteiger partial charge in [0.25, 0.3) is 0 Å². The van der Waals surface area contributed by atoms with Gasteiger partial charge < -0.3 is 4.74 Å². The average molecular weight is 347 g/mol. The largest absolute Gasteiger partial charge is 0.496 e. The van der Waals surface area contributed by atoms with Crippen LogP contribution in [-0.4, -0.2) is 12.9 Å². The molecule has 0 heterocycles. The smallest absolute Gasteiger partial charge is 0.193 e. The molecule has 0 fully saturated rings. The summed E-state index contributed by atoms with van der Waals surface area (Å²) in [6.07, 6.45) is 3.43. The van der Waals surface area contributed by atoms with Gasteiger partial charge in [-0.3, -0.25) is 4.79 Å². The zero-order chi connectivity index (χ0) is 15.2. The van der Waals surface area contributed by atoms with E-state index in [1.807, 2.05) is 24.3 Å². The second-order valence-corrected chi connectivity index (χ2v) is 5.83. The van der Waals surface area contributed by atoms with Gasteiger partial charge in [-0.05, 0) is 52.5 Å². The van der Waals surface area contributed by atoms with E-state index in [0.29, 0.717) is 11.1 Å². The zero-order valence-electron chi connectivity index (χ0n) is 12.4. The Bertz CT molecular complexity index is 618. The number of benzene rings is 2. The van der Waals surface area contributed by atoms with Crippen LogP contribution in [0.1, 0.15) is 41.3 Å². The van der Waals surface area contributed by atoms with Crippen LogP contribution in [0.5, 0.6) is 5.75 Å². The molecule has 0 atom stereocenters. The third-order valence-electron chi connectivity index (χ3n) is 3.45. The minimum absolute atomic E-state index is 0.0281. The Morgan fingerprint density at radius 1 is 1.10 bits per heavy atom. The third kappa shape index (κ3) is 3.94. The molecule has 0 saturated heterocycles. The number of unbranched alkanes of at least 4 members (excludes halogenated alkanes) is 1. The summed E-state index contributed by atoms with van der Waals surface area (Å²) in [5.74, 6) is 0.752. The Kier molecular flexibility index (Phi) is 5.57. The topological polar surface area (TPSA) is 26.3 Å². The Morgan fingerprint density at radius 3 is 2.33 bits per heavy atom. The van der Waals surface area contributed by atoms with Crippen molar-refractivity contribution in [3.63, 3.8) is 0 Å². The SMILES string of the molecule is CCCCc1ccc(C(=O)c2ccc(OC)c(Br)c2)cc1. The van der Waals surface area contributed by atoms with E-state index in [0.717, 1.165) is 16.6 Å². The van der Waals surface area contributed by atoms with Crippen LogP contribution in [0.4, 0.5) is 0 Å². The van der Waals surface area contributed by atoms with Gasteiger partial charge in [0.15, 0.2) is 5.78 Å². The number of halogens is 1. The van der Waals surface area contributed by atoms with E-state index >= 15 is 0 Å². The lowest BCUT2D eigenvalue weighted by molar-refractivity contribution is 0.103. The fourth-order valence-corrected chi connectivity index (χ4v) is 2.72. The number of carbonyl (C=O) groups is 1. The molecule has 3 heteroatoms. The van der Waals surface area contributed by atoms with Crippen molar-refractivity contribution < 1.29 is 9.53 Å². The number of rotatable bonds is 6. The van der Waals surface area contributed by atoms with Gasteiger partial charge in [-0.2, -0.15) is 0 Å². The first-order chi connectivity index (χ1) is 10.2. The van der Waals surface area contributed by atoms with Gasteiger partial charge >= 0.3 is 0 Å². The Hall–Kier alpha value is -1.61. The van der Waals surface area contributed by atoms with Crippen molar-refractivity contribution in [3.8, 4) is 5.75 Å². The minimum atomic E-state index is 0.0281. The number of ketones is 1. The molecule has 0 N–H and O–H groups in total. The lowest BCUT2D eigenvalue weighted by Gasteiger charge is -2.07. The molecule has 0 aromatic heterocycles.